The standard InChI is InChI=1S/C27H29ClN2O3S/c1-29-24-13-16-26(29)21(17-24)19-33-27-10-6-5-7-20(27)18-30(23-8-3-2-4-9-23)34(31,32)25-14-11-22(28)12-15-25/h2-12,14-15,21,24,26H,13,16-19H2,1H3/t21-,24?,26?/m1/s1. The number of sulfonamides is 1. The molecule has 0 N–H and O–H groups in total. The van der Waals surface area contributed by atoms with Crippen LogP contribution in [0.1, 0.15) is 24.8 Å². The average molecular weight is 497 g/mol. The van der Waals surface area contributed by atoms with Crippen LogP contribution in [-0.2, 0) is 16.6 Å². The molecule has 3 atom stereocenters. The fourth-order valence-electron chi connectivity index (χ4n) is 5.35. The molecule has 2 unspecified atom stereocenters. The summed E-state index contributed by atoms with van der Waals surface area (Å²) in [6.45, 7) is 0.819. The van der Waals surface area contributed by atoms with Gasteiger partial charge in [-0.2, -0.15) is 0 Å². The van der Waals surface area contributed by atoms with Crippen LogP contribution in [0.3, 0.4) is 0 Å². The van der Waals surface area contributed by atoms with E-state index in [1.54, 1.807) is 24.3 Å². The zero-order valence-corrected chi connectivity index (χ0v) is 20.8. The predicted octanol–water partition coefficient (Wildman–Crippen LogP) is 5.60. The van der Waals surface area contributed by atoms with Crippen molar-refractivity contribution in [3.8, 4) is 5.75 Å². The third-order valence-corrected chi connectivity index (χ3v) is 9.24. The molecule has 3 aromatic rings. The molecular weight excluding hydrogens is 468 g/mol. The Hall–Kier alpha value is -2.54. The minimum Gasteiger partial charge on any atom is -0.493 e. The molecule has 7 heteroatoms. The Morgan fingerprint density at radius 3 is 2.35 bits per heavy atom. The van der Waals surface area contributed by atoms with E-state index < -0.39 is 10.0 Å². The smallest absolute Gasteiger partial charge is 0.264 e. The number of hydrogen-bond acceptors (Lipinski definition) is 4. The average Bonchev–Trinajstić information content (AvgIpc) is 3.36. The first kappa shape index (κ1) is 23.2. The molecule has 2 aliphatic rings. The molecule has 0 saturated carbocycles. The predicted molar refractivity (Wildman–Crippen MR) is 136 cm³/mol. The van der Waals surface area contributed by atoms with Crippen molar-refractivity contribution in [3.05, 3.63) is 89.4 Å². The van der Waals surface area contributed by atoms with Crippen molar-refractivity contribution in [1.82, 2.24) is 4.90 Å². The quantitative estimate of drug-likeness (QED) is 0.407. The van der Waals surface area contributed by atoms with E-state index in [-0.39, 0.29) is 11.4 Å². The maximum atomic E-state index is 13.7. The topological polar surface area (TPSA) is 49.9 Å². The zero-order valence-electron chi connectivity index (χ0n) is 19.2. The summed E-state index contributed by atoms with van der Waals surface area (Å²) in [5.41, 5.74) is 1.43. The molecule has 0 aliphatic carbocycles. The van der Waals surface area contributed by atoms with Crippen LogP contribution in [0, 0.1) is 5.92 Å². The number of benzene rings is 3. The van der Waals surface area contributed by atoms with Crippen LogP contribution in [0.25, 0.3) is 0 Å². The number of para-hydroxylation sites is 2. The van der Waals surface area contributed by atoms with Crippen LogP contribution < -0.4 is 9.04 Å². The van der Waals surface area contributed by atoms with E-state index in [2.05, 4.69) is 11.9 Å². The van der Waals surface area contributed by atoms with Crippen LogP contribution in [0.2, 0.25) is 5.02 Å². The van der Waals surface area contributed by atoms with Gasteiger partial charge in [-0.15, -0.1) is 0 Å². The SMILES string of the molecule is CN1C2CCC1[C@@H](COc1ccccc1CN(c1ccccc1)S(=O)(=O)c1ccc(Cl)cc1)C2. The molecule has 2 aliphatic heterocycles. The van der Waals surface area contributed by atoms with Gasteiger partial charge in [-0.3, -0.25) is 4.31 Å². The molecule has 3 aromatic carbocycles. The molecule has 0 spiro atoms. The van der Waals surface area contributed by atoms with Crippen LogP contribution >= 0.6 is 11.6 Å². The minimum absolute atomic E-state index is 0.168. The Morgan fingerprint density at radius 1 is 0.971 bits per heavy atom. The molecule has 2 fully saturated rings. The van der Waals surface area contributed by atoms with Gasteiger partial charge in [0.05, 0.1) is 23.7 Å². The maximum absolute atomic E-state index is 13.7. The van der Waals surface area contributed by atoms with Gasteiger partial charge in [0.15, 0.2) is 0 Å². The van der Waals surface area contributed by atoms with Gasteiger partial charge in [0.1, 0.15) is 5.75 Å². The summed E-state index contributed by atoms with van der Waals surface area (Å²) in [6.07, 6.45) is 3.69. The van der Waals surface area contributed by atoms with Gasteiger partial charge in [0.25, 0.3) is 10.0 Å². The Balaban J connectivity index is 1.41. The summed E-state index contributed by atoms with van der Waals surface area (Å²) in [5, 5.41) is 0.496. The molecule has 0 aromatic heterocycles. The molecule has 0 radical (unpaired) electrons. The van der Waals surface area contributed by atoms with Gasteiger partial charge in [-0.05, 0) is 68.8 Å². The number of nitrogens with zero attached hydrogens (tertiary/aromatic N) is 2. The summed E-state index contributed by atoms with van der Waals surface area (Å²) in [6, 6.07) is 24.4. The molecule has 0 amide bonds. The lowest BCUT2D eigenvalue weighted by Crippen LogP contribution is -2.31. The van der Waals surface area contributed by atoms with Crippen LogP contribution in [0.4, 0.5) is 5.69 Å². The second-order valence-electron chi connectivity index (χ2n) is 9.18. The lowest BCUT2D eigenvalue weighted by atomic mass is 9.90. The van der Waals surface area contributed by atoms with E-state index >= 15 is 0 Å². The first-order chi connectivity index (χ1) is 16.4. The van der Waals surface area contributed by atoms with E-state index in [0.29, 0.717) is 35.3 Å². The van der Waals surface area contributed by atoms with Gasteiger partial charge >= 0.3 is 0 Å². The highest BCUT2D eigenvalue weighted by atomic mass is 35.5. The number of halogens is 1. The Bertz CT molecular complexity index is 1230. The lowest BCUT2D eigenvalue weighted by molar-refractivity contribution is 0.202. The molecule has 2 saturated heterocycles. The van der Waals surface area contributed by atoms with E-state index in [1.165, 1.54) is 23.6 Å². The van der Waals surface area contributed by atoms with Crippen molar-refractivity contribution in [2.75, 3.05) is 18.0 Å². The first-order valence-electron chi connectivity index (χ1n) is 11.7. The van der Waals surface area contributed by atoms with Gasteiger partial charge in [-0.25, -0.2) is 8.42 Å². The highest BCUT2D eigenvalue weighted by Crippen LogP contribution is 2.40. The second-order valence-corrected chi connectivity index (χ2v) is 11.5. The van der Waals surface area contributed by atoms with Crippen molar-refractivity contribution in [2.24, 2.45) is 5.92 Å². The number of hydrogen-bond donors (Lipinski definition) is 0. The fourth-order valence-corrected chi connectivity index (χ4v) is 6.92. The fraction of sp³-hybridized carbons (Fsp3) is 0.333. The van der Waals surface area contributed by atoms with E-state index in [1.807, 2.05) is 54.6 Å². The van der Waals surface area contributed by atoms with Crippen molar-refractivity contribution >= 4 is 27.3 Å². The number of anilines is 1. The normalized spacial score (nSPS) is 22.1. The molecule has 178 valence electrons. The van der Waals surface area contributed by atoms with E-state index in [9.17, 15) is 8.42 Å². The highest BCUT2D eigenvalue weighted by Gasteiger charge is 2.44. The Morgan fingerprint density at radius 2 is 1.68 bits per heavy atom. The Kier molecular flexibility index (Phi) is 6.56. The van der Waals surface area contributed by atoms with E-state index in [0.717, 1.165) is 11.3 Å². The third-order valence-electron chi connectivity index (χ3n) is 7.20. The molecular formula is C27H29ClN2O3S. The minimum atomic E-state index is -3.82. The highest BCUT2D eigenvalue weighted by molar-refractivity contribution is 7.92. The number of rotatable bonds is 8. The molecule has 5 rings (SSSR count). The van der Waals surface area contributed by atoms with Gasteiger partial charge in [0.2, 0.25) is 0 Å². The van der Waals surface area contributed by atoms with E-state index in [4.69, 9.17) is 16.3 Å². The van der Waals surface area contributed by atoms with Gasteiger partial charge in [0, 0.05) is 28.6 Å². The third kappa shape index (κ3) is 4.54. The van der Waals surface area contributed by atoms with Crippen molar-refractivity contribution < 1.29 is 13.2 Å². The summed E-state index contributed by atoms with van der Waals surface area (Å²) in [5.74, 6) is 1.25. The Labute approximate surface area is 207 Å². The maximum Gasteiger partial charge on any atom is 0.264 e. The summed E-state index contributed by atoms with van der Waals surface area (Å²) in [4.78, 5) is 2.69. The lowest BCUT2D eigenvalue weighted by Gasteiger charge is -2.26. The molecule has 2 heterocycles. The monoisotopic (exact) mass is 496 g/mol. The van der Waals surface area contributed by atoms with Gasteiger partial charge in [-0.1, -0.05) is 48.0 Å². The molecule has 5 nitrogen and oxygen atoms in total. The van der Waals surface area contributed by atoms with Gasteiger partial charge < -0.3 is 9.64 Å². The summed E-state index contributed by atoms with van der Waals surface area (Å²) >= 11 is 6.00. The van der Waals surface area contributed by atoms with Crippen LogP contribution in [0.15, 0.2) is 83.8 Å². The largest absolute Gasteiger partial charge is 0.493 e. The van der Waals surface area contributed by atoms with Crippen LogP contribution in [-0.4, -0.2) is 39.1 Å². The van der Waals surface area contributed by atoms with Crippen molar-refractivity contribution in [3.63, 3.8) is 0 Å². The number of fused-ring (bicyclic) bond motifs is 2. The first-order valence-corrected chi connectivity index (χ1v) is 13.5. The molecule has 34 heavy (non-hydrogen) atoms. The summed E-state index contributed by atoms with van der Waals surface area (Å²) < 4.78 is 35.1. The van der Waals surface area contributed by atoms with Crippen LogP contribution in [0.5, 0.6) is 5.75 Å². The van der Waals surface area contributed by atoms with Crippen molar-refractivity contribution in [2.45, 2.75) is 42.8 Å². The number of ether oxygens (including phenoxy) is 1. The second kappa shape index (κ2) is 9.61. The molecule has 2 bridgehead atoms. The van der Waals surface area contributed by atoms with Crippen molar-refractivity contribution in [1.29, 1.82) is 0 Å². The summed E-state index contributed by atoms with van der Waals surface area (Å²) in [7, 11) is -1.60. The zero-order chi connectivity index (χ0) is 23.7.